The molecule has 1 aromatic rings. The minimum absolute atomic E-state index is 0.107. The molecule has 0 saturated carbocycles. The molecule has 1 aromatic carbocycles. The first kappa shape index (κ1) is 18.1. The van der Waals surface area contributed by atoms with Gasteiger partial charge in [-0.2, -0.15) is 4.39 Å². The smallest absolute Gasteiger partial charge is 0.305 e. The Labute approximate surface area is 139 Å². The third-order valence-electron chi connectivity index (χ3n) is 4.25. The summed E-state index contributed by atoms with van der Waals surface area (Å²) in [5, 5.41) is 13.7. The standard InChI is InChI=1S/C16H22FN3O4/c1-18-7-4-12-5-8-19(9-6-12)16(21)11-24-13-2-3-15(20(22)23)14(17)10-13/h2-3,10,12,18H,4-9,11H2,1H3. The lowest BCUT2D eigenvalue weighted by atomic mass is 9.93. The van der Waals surface area contributed by atoms with Gasteiger partial charge in [0.05, 0.1) is 4.92 Å². The van der Waals surface area contributed by atoms with Crippen LogP contribution >= 0.6 is 0 Å². The summed E-state index contributed by atoms with van der Waals surface area (Å²) in [6.45, 7) is 2.18. The van der Waals surface area contributed by atoms with Gasteiger partial charge in [-0.15, -0.1) is 0 Å². The Hall–Kier alpha value is -2.22. The first-order valence-electron chi connectivity index (χ1n) is 8.00. The van der Waals surface area contributed by atoms with Crippen molar-refractivity contribution < 1.29 is 18.8 Å². The van der Waals surface area contributed by atoms with Gasteiger partial charge >= 0.3 is 5.69 Å². The first-order chi connectivity index (χ1) is 11.5. The average Bonchev–Trinajstić information content (AvgIpc) is 2.58. The number of rotatable bonds is 7. The van der Waals surface area contributed by atoms with Gasteiger partial charge in [0.2, 0.25) is 5.82 Å². The fourth-order valence-corrected chi connectivity index (χ4v) is 2.78. The van der Waals surface area contributed by atoms with E-state index < -0.39 is 16.4 Å². The molecular weight excluding hydrogens is 317 g/mol. The van der Waals surface area contributed by atoms with E-state index in [2.05, 4.69) is 5.32 Å². The molecule has 8 heteroatoms. The van der Waals surface area contributed by atoms with E-state index in [1.54, 1.807) is 4.90 Å². The van der Waals surface area contributed by atoms with E-state index in [1.807, 2.05) is 7.05 Å². The quantitative estimate of drug-likeness (QED) is 0.606. The van der Waals surface area contributed by atoms with Crippen molar-refractivity contribution in [3.05, 3.63) is 34.1 Å². The van der Waals surface area contributed by atoms with Gasteiger partial charge in [0, 0.05) is 25.2 Å². The number of hydrogen-bond acceptors (Lipinski definition) is 5. The first-order valence-corrected chi connectivity index (χ1v) is 8.00. The second-order valence-electron chi connectivity index (χ2n) is 5.88. The van der Waals surface area contributed by atoms with E-state index in [1.165, 1.54) is 6.07 Å². The highest BCUT2D eigenvalue weighted by atomic mass is 19.1. The van der Waals surface area contributed by atoms with Crippen LogP contribution in [0.15, 0.2) is 18.2 Å². The Morgan fingerprint density at radius 2 is 2.17 bits per heavy atom. The Morgan fingerprint density at radius 3 is 2.75 bits per heavy atom. The Bertz CT molecular complexity index is 589. The number of carbonyl (C=O) groups excluding carboxylic acids is 1. The van der Waals surface area contributed by atoms with Gasteiger partial charge < -0.3 is 15.0 Å². The number of amides is 1. The average molecular weight is 339 g/mol. The molecule has 1 aliphatic heterocycles. The highest BCUT2D eigenvalue weighted by molar-refractivity contribution is 5.77. The fraction of sp³-hybridized carbons (Fsp3) is 0.562. The van der Waals surface area contributed by atoms with Crippen molar-refractivity contribution in [2.75, 3.05) is 33.3 Å². The molecule has 0 radical (unpaired) electrons. The van der Waals surface area contributed by atoms with E-state index >= 15 is 0 Å². The molecule has 1 N–H and O–H groups in total. The van der Waals surface area contributed by atoms with Crippen LogP contribution in [0.4, 0.5) is 10.1 Å². The lowest BCUT2D eigenvalue weighted by Gasteiger charge is -2.32. The van der Waals surface area contributed by atoms with Crippen LogP contribution in [-0.2, 0) is 4.79 Å². The Kier molecular flexibility index (Phi) is 6.48. The molecule has 2 rings (SSSR count). The van der Waals surface area contributed by atoms with E-state index in [0.29, 0.717) is 19.0 Å². The second-order valence-corrected chi connectivity index (χ2v) is 5.88. The van der Waals surface area contributed by atoms with Crippen LogP contribution in [0.2, 0.25) is 0 Å². The van der Waals surface area contributed by atoms with Crippen molar-refractivity contribution in [3.8, 4) is 5.75 Å². The zero-order valence-electron chi connectivity index (χ0n) is 13.7. The number of hydrogen-bond donors (Lipinski definition) is 1. The fourth-order valence-electron chi connectivity index (χ4n) is 2.78. The minimum atomic E-state index is -0.977. The molecule has 0 spiro atoms. The lowest BCUT2D eigenvalue weighted by Crippen LogP contribution is -2.41. The number of nitro groups is 1. The van der Waals surface area contributed by atoms with Crippen molar-refractivity contribution in [3.63, 3.8) is 0 Å². The summed E-state index contributed by atoms with van der Waals surface area (Å²) in [4.78, 5) is 23.6. The predicted octanol–water partition coefficient (Wildman–Crippen LogP) is 1.96. The highest BCUT2D eigenvalue weighted by Gasteiger charge is 2.23. The van der Waals surface area contributed by atoms with E-state index in [0.717, 1.165) is 37.9 Å². The van der Waals surface area contributed by atoms with Crippen molar-refractivity contribution >= 4 is 11.6 Å². The molecule has 0 aromatic heterocycles. The molecule has 0 atom stereocenters. The van der Waals surface area contributed by atoms with Crippen LogP contribution < -0.4 is 10.1 Å². The largest absolute Gasteiger partial charge is 0.484 e. The molecule has 1 fully saturated rings. The Morgan fingerprint density at radius 1 is 1.46 bits per heavy atom. The minimum Gasteiger partial charge on any atom is -0.484 e. The van der Waals surface area contributed by atoms with Crippen LogP contribution in [0.3, 0.4) is 0 Å². The summed E-state index contributed by atoms with van der Waals surface area (Å²) in [5.74, 6) is -0.391. The van der Waals surface area contributed by atoms with E-state index in [9.17, 15) is 19.3 Å². The van der Waals surface area contributed by atoms with Crippen molar-refractivity contribution in [1.29, 1.82) is 0 Å². The number of nitrogens with zero attached hydrogens (tertiary/aromatic N) is 2. The Balaban J connectivity index is 1.79. The van der Waals surface area contributed by atoms with E-state index in [4.69, 9.17) is 4.74 Å². The van der Waals surface area contributed by atoms with Crippen molar-refractivity contribution in [1.82, 2.24) is 10.2 Å². The third kappa shape index (κ3) is 4.89. The van der Waals surface area contributed by atoms with Gasteiger partial charge in [0.1, 0.15) is 5.75 Å². The maximum Gasteiger partial charge on any atom is 0.305 e. The van der Waals surface area contributed by atoms with Crippen LogP contribution in [0.1, 0.15) is 19.3 Å². The topological polar surface area (TPSA) is 84.7 Å². The summed E-state index contributed by atoms with van der Waals surface area (Å²) in [7, 11) is 1.93. The predicted molar refractivity (Wildman–Crippen MR) is 86.4 cm³/mol. The molecule has 0 bridgehead atoms. The number of carbonyl (C=O) groups is 1. The van der Waals surface area contributed by atoms with Gasteiger partial charge in [-0.25, -0.2) is 0 Å². The molecule has 1 amide bonds. The van der Waals surface area contributed by atoms with Gasteiger partial charge in [0.15, 0.2) is 6.61 Å². The summed E-state index contributed by atoms with van der Waals surface area (Å²) in [5.41, 5.74) is -0.614. The monoisotopic (exact) mass is 339 g/mol. The zero-order chi connectivity index (χ0) is 17.5. The van der Waals surface area contributed by atoms with Crippen LogP contribution in [0.25, 0.3) is 0 Å². The molecule has 132 valence electrons. The van der Waals surface area contributed by atoms with Crippen LogP contribution in [0, 0.1) is 21.8 Å². The molecule has 1 aliphatic rings. The number of likely N-dealkylation sites (tertiary alicyclic amines) is 1. The van der Waals surface area contributed by atoms with Gasteiger partial charge in [-0.1, -0.05) is 0 Å². The molecule has 0 aliphatic carbocycles. The molecular formula is C16H22FN3O4. The summed E-state index contributed by atoms with van der Waals surface area (Å²) >= 11 is 0. The molecule has 1 saturated heterocycles. The number of benzene rings is 1. The van der Waals surface area contributed by atoms with Crippen molar-refractivity contribution in [2.45, 2.75) is 19.3 Å². The maximum absolute atomic E-state index is 13.5. The number of halogens is 1. The summed E-state index contributed by atoms with van der Waals surface area (Å²) in [6, 6.07) is 3.25. The normalized spacial score (nSPS) is 15.3. The molecule has 0 unspecified atom stereocenters. The number of nitrogens with one attached hydrogen (secondary N) is 1. The third-order valence-corrected chi connectivity index (χ3v) is 4.25. The molecule has 1 heterocycles. The van der Waals surface area contributed by atoms with Gasteiger partial charge in [-0.3, -0.25) is 14.9 Å². The van der Waals surface area contributed by atoms with Crippen LogP contribution in [0.5, 0.6) is 5.75 Å². The number of ether oxygens (including phenoxy) is 1. The second kappa shape index (κ2) is 8.58. The maximum atomic E-state index is 13.5. The molecule has 7 nitrogen and oxygen atoms in total. The highest BCUT2D eigenvalue weighted by Crippen LogP contribution is 2.23. The zero-order valence-corrected chi connectivity index (χ0v) is 13.7. The number of piperidine rings is 1. The van der Waals surface area contributed by atoms with E-state index in [-0.39, 0.29) is 18.3 Å². The van der Waals surface area contributed by atoms with Crippen LogP contribution in [-0.4, -0.2) is 49.0 Å². The summed E-state index contributed by atoms with van der Waals surface area (Å²) in [6.07, 6.45) is 3.05. The SMILES string of the molecule is CNCCC1CCN(C(=O)COc2ccc([N+](=O)[O-])c(F)c2)CC1. The number of nitro benzene ring substituents is 1. The van der Waals surface area contributed by atoms with Gasteiger partial charge in [-0.05, 0) is 44.8 Å². The van der Waals surface area contributed by atoms with Crippen molar-refractivity contribution in [2.24, 2.45) is 5.92 Å². The lowest BCUT2D eigenvalue weighted by molar-refractivity contribution is -0.387. The molecule has 24 heavy (non-hydrogen) atoms. The summed E-state index contributed by atoms with van der Waals surface area (Å²) < 4.78 is 18.8. The van der Waals surface area contributed by atoms with Gasteiger partial charge in [0.25, 0.3) is 5.91 Å².